The first kappa shape index (κ1) is 18.6. The largest absolute Gasteiger partial charge is 0.306 e. The van der Waals surface area contributed by atoms with Crippen LogP contribution in [0.5, 0.6) is 0 Å². The van der Waals surface area contributed by atoms with Gasteiger partial charge in [-0.05, 0) is 54.7 Å². The molecule has 28 heavy (non-hydrogen) atoms. The van der Waals surface area contributed by atoms with Crippen LogP contribution < -0.4 is 10.5 Å². The Balaban J connectivity index is 1.69. The number of fused-ring (bicyclic) bond motifs is 1. The van der Waals surface area contributed by atoms with Crippen molar-refractivity contribution in [2.45, 2.75) is 26.3 Å². The van der Waals surface area contributed by atoms with E-state index in [1.807, 2.05) is 43.3 Å². The maximum absolute atomic E-state index is 13.3. The van der Waals surface area contributed by atoms with Gasteiger partial charge in [-0.15, -0.1) is 0 Å². The fraction of sp³-hybridized carbons (Fsp3) is 0.227. The zero-order valence-electron chi connectivity index (χ0n) is 15.6. The third kappa shape index (κ3) is 3.64. The summed E-state index contributed by atoms with van der Waals surface area (Å²) in [6.45, 7) is 3.00. The van der Waals surface area contributed by atoms with E-state index in [1.165, 1.54) is 16.8 Å². The molecule has 1 aromatic heterocycles. The number of nitrogens with zero attached hydrogens (tertiary/aromatic N) is 3. The molecule has 1 aliphatic rings. The second-order valence-electron chi connectivity index (χ2n) is 6.99. The summed E-state index contributed by atoms with van der Waals surface area (Å²) >= 11 is 3.54. The Labute approximate surface area is 171 Å². The van der Waals surface area contributed by atoms with E-state index >= 15 is 0 Å². The van der Waals surface area contributed by atoms with E-state index in [0.29, 0.717) is 13.1 Å². The minimum absolute atomic E-state index is 0.173. The Morgan fingerprint density at radius 3 is 2.71 bits per heavy atom. The third-order valence-electron chi connectivity index (χ3n) is 4.95. The van der Waals surface area contributed by atoms with Gasteiger partial charge in [0.15, 0.2) is 0 Å². The number of halogens is 1. The summed E-state index contributed by atoms with van der Waals surface area (Å²) in [7, 11) is 0. The van der Waals surface area contributed by atoms with Gasteiger partial charge in [-0.2, -0.15) is 5.10 Å². The molecular weight excluding hydrogens is 418 g/mol. The first-order valence-electron chi connectivity index (χ1n) is 9.26. The van der Waals surface area contributed by atoms with Gasteiger partial charge in [0.05, 0.1) is 12.2 Å². The second-order valence-corrected chi connectivity index (χ2v) is 7.91. The Hall–Kier alpha value is -2.73. The summed E-state index contributed by atoms with van der Waals surface area (Å²) < 4.78 is 2.37. The van der Waals surface area contributed by atoms with Gasteiger partial charge in [0.2, 0.25) is 0 Å². The molecule has 3 aromatic rings. The summed E-state index contributed by atoms with van der Waals surface area (Å²) in [4.78, 5) is 27.3. The van der Waals surface area contributed by atoms with Crippen molar-refractivity contribution in [2.24, 2.45) is 0 Å². The Bertz CT molecular complexity index is 1090. The maximum Gasteiger partial charge on any atom is 0.278 e. The lowest BCUT2D eigenvalue weighted by Crippen LogP contribution is -2.38. The van der Waals surface area contributed by atoms with Crippen LogP contribution in [0.25, 0.3) is 0 Å². The molecule has 0 bridgehead atoms. The summed E-state index contributed by atoms with van der Waals surface area (Å²) in [6, 6.07) is 16.7. The zero-order chi connectivity index (χ0) is 19.7. The number of hydrogen-bond donors (Lipinski definition) is 0. The lowest BCUT2D eigenvalue weighted by Gasteiger charge is -2.31. The highest BCUT2D eigenvalue weighted by Crippen LogP contribution is 2.34. The van der Waals surface area contributed by atoms with Crippen molar-refractivity contribution in [2.75, 3.05) is 11.4 Å². The first-order valence-corrected chi connectivity index (χ1v) is 10.1. The number of amides is 1. The molecule has 142 valence electrons. The van der Waals surface area contributed by atoms with Gasteiger partial charge >= 0.3 is 0 Å². The lowest BCUT2D eigenvalue weighted by atomic mass is 9.98. The molecule has 0 unspecified atom stereocenters. The number of rotatable bonds is 3. The van der Waals surface area contributed by atoms with Crippen molar-refractivity contribution in [3.63, 3.8) is 0 Å². The quantitative estimate of drug-likeness (QED) is 0.622. The first-order chi connectivity index (χ1) is 13.5. The molecule has 1 aliphatic heterocycles. The number of hydrogen-bond acceptors (Lipinski definition) is 3. The smallest absolute Gasteiger partial charge is 0.278 e. The van der Waals surface area contributed by atoms with Gasteiger partial charge in [-0.25, -0.2) is 4.68 Å². The minimum Gasteiger partial charge on any atom is -0.306 e. The molecule has 1 amide bonds. The van der Waals surface area contributed by atoms with Crippen LogP contribution in [0.15, 0.2) is 63.9 Å². The molecule has 0 saturated carbocycles. The monoisotopic (exact) mass is 437 g/mol. The molecule has 2 heterocycles. The van der Waals surface area contributed by atoms with E-state index < -0.39 is 0 Å². The fourth-order valence-electron chi connectivity index (χ4n) is 3.70. The fourth-order valence-corrected chi connectivity index (χ4v) is 4.31. The maximum atomic E-state index is 13.3. The van der Waals surface area contributed by atoms with E-state index in [9.17, 15) is 9.59 Å². The zero-order valence-corrected chi connectivity index (χ0v) is 17.1. The highest BCUT2D eigenvalue weighted by molar-refractivity contribution is 9.10. The average molecular weight is 438 g/mol. The summed E-state index contributed by atoms with van der Waals surface area (Å²) in [5, 5.41) is 4.37. The number of anilines is 1. The number of benzene rings is 2. The Morgan fingerprint density at radius 1 is 1.14 bits per heavy atom. The van der Waals surface area contributed by atoms with Gasteiger partial charge in [0.1, 0.15) is 5.69 Å². The van der Waals surface area contributed by atoms with Gasteiger partial charge < -0.3 is 4.90 Å². The summed E-state index contributed by atoms with van der Waals surface area (Å²) in [5.41, 5.74) is 4.19. The molecule has 0 spiro atoms. The van der Waals surface area contributed by atoms with E-state index in [-0.39, 0.29) is 17.2 Å². The molecule has 2 aromatic carbocycles. The van der Waals surface area contributed by atoms with Crippen LogP contribution in [0.1, 0.15) is 33.6 Å². The van der Waals surface area contributed by atoms with Gasteiger partial charge in [-0.3, -0.25) is 9.59 Å². The number of carbonyl (C=O) groups is 1. The van der Waals surface area contributed by atoms with Crippen LogP contribution in [0.4, 0.5) is 5.69 Å². The van der Waals surface area contributed by atoms with E-state index in [2.05, 4.69) is 27.1 Å². The summed E-state index contributed by atoms with van der Waals surface area (Å²) in [5.74, 6) is -0.173. The lowest BCUT2D eigenvalue weighted by molar-refractivity contribution is 0.0977. The number of carbonyl (C=O) groups excluding carboxylic acids is 1. The molecule has 0 aliphatic carbocycles. The van der Waals surface area contributed by atoms with Crippen LogP contribution in [0.2, 0.25) is 0 Å². The van der Waals surface area contributed by atoms with Crippen molar-refractivity contribution in [1.82, 2.24) is 9.78 Å². The van der Waals surface area contributed by atoms with Crippen molar-refractivity contribution in [1.29, 1.82) is 0 Å². The highest BCUT2D eigenvalue weighted by Gasteiger charge is 2.26. The van der Waals surface area contributed by atoms with Crippen molar-refractivity contribution < 1.29 is 4.79 Å². The third-order valence-corrected chi connectivity index (χ3v) is 5.41. The van der Waals surface area contributed by atoms with Gasteiger partial charge in [0.25, 0.3) is 11.5 Å². The highest BCUT2D eigenvalue weighted by atomic mass is 79.9. The SMILES string of the molecule is Cc1cc(Br)cc2c1N(C(=O)c1ccc(=O)n(Cc3ccccc3)n1)CCC2. The van der Waals surface area contributed by atoms with Crippen LogP contribution in [0, 0.1) is 6.92 Å². The predicted molar refractivity (Wildman–Crippen MR) is 113 cm³/mol. The van der Waals surface area contributed by atoms with Gasteiger partial charge in [0, 0.05) is 17.1 Å². The normalized spacial score (nSPS) is 13.3. The van der Waals surface area contributed by atoms with E-state index in [1.54, 1.807) is 4.90 Å². The van der Waals surface area contributed by atoms with Crippen molar-refractivity contribution in [3.8, 4) is 0 Å². The van der Waals surface area contributed by atoms with Crippen LogP contribution >= 0.6 is 15.9 Å². The molecule has 0 saturated heterocycles. The van der Waals surface area contributed by atoms with Crippen LogP contribution in [0.3, 0.4) is 0 Å². The Morgan fingerprint density at radius 2 is 1.93 bits per heavy atom. The average Bonchev–Trinajstić information content (AvgIpc) is 2.69. The molecule has 0 atom stereocenters. The predicted octanol–water partition coefficient (Wildman–Crippen LogP) is 3.96. The Kier molecular flexibility index (Phi) is 5.13. The number of aromatic nitrogens is 2. The van der Waals surface area contributed by atoms with E-state index in [0.717, 1.165) is 39.7 Å². The topological polar surface area (TPSA) is 55.2 Å². The van der Waals surface area contributed by atoms with Crippen molar-refractivity contribution in [3.05, 3.63) is 91.8 Å². The molecule has 0 fully saturated rings. The van der Waals surface area contributed by atoms with Crippen LogP contribution in [-0.4, -0.2) is 22.2 Å². The van der Waals surface area contributed by atoms with Crippen molar-refractivity contribution >= 4 is 27.5 Å². The molecule has 5 nitrogen and oxygen atoms in total. The molecule has 0 N–H and O–H groups in total. The number of aryl methyl sites for hydroxylation is 2. The molecular formula is C22H20BrN3O2. The van der Waals surface area contributed by atoms with E-state index in [4.69, 9.17) is 0 Å². The standard InChI is InChI=1S/C22H20BrN3O2/c1-15-12-18(23)13-17-8-5-11-25(21(15)17)22(28)19-9-10-20(27)26(24-19)14-16-6-3-2-4-7-16/h2-4,6-7,9-10,12-13H,5,8,11,14H2,1H3. The van der Waals surface area contributed by atoms with Crippen LogP contribution in [-0.2, 0) is 13.0 Å². The molecule has 4 rings (SSSR count). The molecule has 6 heteroatoms. The molecule has 0 radical (unpaired) electrons. The second kappa shape index (κ2) is 7.72. The van der Waals surface area contributed by atoms with Gasteiger partial charge in [-0.1, -0.05) is 46.3 Å². The minimum atomic E-state index is -0.223. The summed E-state index contributed by atoms with van der Waals surface area (Å²) in [6.07, 6.45) is 1.85.